The maximum atomic E-state index is 12.0. The molecule has 0 aromatic carbocycles. The smallest absolute Gasteiger partial charge is 0.410 e. The van der Waals surface area contributed by atoms with E-state index in [9.17, 15) is 14.4 Å². The van der Waals surface area contributed by atoms with Crippen molar-refractivity contribution in [2.75, 3.05) is 26.2 Å². The maximum absolute atomic E-state index is 12.0. The van der Waals surface area contributed by atoms with Crippen LogP contribution in [0.1, 0.15) is 41.0 Å². The average Bonchev–Trinajstić information content (AvgIpc) is 2.36. The standard InChI is InChI=1S/C15H26N2O4/c1-11(2)12(18)10-13(19)16-6-8-17(9-7-16)14(20)21-15(3,4)5/h11H,6-10H2,1-5H3. The van der Waals surface area contributed by atoms with Crippen LogP contribution in [0.5, 0.6) is 0 Å². The van der Waals surface area contributed by atoms with Gasteiger partial charge < -0.3 is 14.5 Å². The quantitative estimate of drug-likeness (QED) is 0.744. The van der Waals surface area contributed by atoms with E-state index in [2.05, 4.69) is 0 Å². The molecule has 6 heteroatoms. The Hall–Kier alpha value is -1.59. The number of ether oxygens (including phenoxy) is 1. The van der Waals surface area contributed by atoms with Gasteiger partial charge in [-0.1, -0.05) is 13.8 Å². The number of hydrogen-bond acceptors (Lipinski definition) is 4. The van der Waals surface area contributed by atoms with Crippen molar-refractivity contribution < 1.29 is 19.1 Å². The second-order valence-electron chi connectivity index (χ2n) is 6.65. The summed E-state index contributed by atoms with van der Waals surface area (Å²) in [4.78, 5) is 38.7. The van der Waals surface area contributed by atoms with Gasteiger partial charge in [-0.2, -0.15) is 0 Å². The van der Waals surface area contributed by atoms with Crippen molar-refractivity contribution in [2.45, 2.75) is 46.6 Å². The second-order valence-corrected chi connectivity index (χ2v) is 6.65. The molecule has 1 heterocycles. The monoisotopic (exact) mass is 298 g/mol. The second kappa shape index (κ2) is 6.91. The Balaban J connectivity index is 2.43. The minimum absolute atomic E-state index is 0.0467. The van der Waals surface area contributed by atoms with Gasteiger partial charge in [0.2, 0.25) is 5.91 Å². The molecule has 0 unspecified atom stereocenters. The van der Waals surface area contributed by atoms with Crippen molar-refractivity contribution in [1.29, 1.82) is 0 Å². The molecule has 1 rings (SSSR count). The minimum Gasteiger partial charge on any atom is -0.444 e. The van der Waals surface area contributed by atoms with Crippen LogP contribution in [-0.4, -0.2) is 59.4 Å². The highest BCUT2D eigenvalue weighted by Gasteiger charge is 2.28. The van der Waals surface area contributed by atoms with Crippen LogP contribution in [0.15, 0.2) is 0 Å². The highest BCUT2D eigenvalue weighted by atomic mass is 16.6. The van der Waals surface area contributed by atoms with Crippen molar-refractivity contribution >= 4 is 17.8 Å². The molecule has 1 aliphatic rings. The third kappa shape index (κ3) is 5.73. The van der Waals surface area contributed by atoms with Gasteiger partial charge in [-0.3, -0.25) is 9.59 Å². The van der Waals surface area contributed by atoms with Crippen molar-refractivity contribution in [2.24, 2.45) is 5.92 Å². The third-order valence-corrected chi connectivity index (χ3v) is 3.25. The van der Waals surface area contributed by atoms with Crippen LogP contribution in [0.25, 0.3) is 0 Å². The Labute approximate surface area is 126 Å². The molecule has 0 aromatic rings. The molecular formula is C15H26N2O4. The van der Waals surface area contributed by atoms with Gasteiger partial charge in [-0.15, -0.1) is 0 Å². The fourth-order valence-electron chi connectivity index (χ4n) is 1.93. The zero-order chi connectivity index (χ0) is 16.2. The number of Topliss-reactive ketones (excluding diaryl/α,β-unsaturated/α-hetero) is 1. The van der Waals surface area contributed by atoms with E-state index in [1.165, 1.54) is 0 Å². The summed E-state index contributed by atoms with van der Waals surface area (Å²) in [7, 11) is 0. The molecule has 0 atom stereocenters. The molecule has 1 aliphatic heterocycles. The SMILES string of the molecule is CC(C)C(=O)CC(=O)N1CCN(C(=O)OC(C)(C)C)CC1. The Morgan fingerprint density at radius 3 is 1.90 bits per heavy atom. The number of rotatable bonds is 3. The van der Waals surface area contributed by atoms with E-state index < -0.39 is 5.60 Å². The Bertz CT molecular complexity index is 404. The lowest BCUT2D eigenvalue weighted by molar-refractivity contribution is -0.137. The lowest BCUT2D eigenvalue weighted by atomic mass is 10.1. The molecule has 0 saturated carbocycles. The first-order valence-corrected chi connectivity index (χ1v) is 7.38. The van der Waals surface area contributed by atoms with Crippen LogP contribution in [0.4, 0.5) is 4.79 Å². The van der Waals surface area contributed by atoms with Crippen LogP contribution < -0.4 is 0 Å². The van der Waals surface area contributed by atoms with E-state index in [1.807, 2.05) is 20.8 Å². The average molecular weight is 298 g/mol. The molecule has 0 N–H and O–H groups in total. The summed E-state index contributed by atoms with van der Waals surface area (Å²) in [6.07, 6.45) is -0.405. The molecule has 0 aromatic heterocycles. The van der Waals surface area contributed by atoms with Gasteiger partial charge >= 0.3 is 6.09 Å². The molecule has 0 spiro atoms. The first kappa shape index (κ1) is 17.5. The number of nitrogens with zero attached hydrogens (tertiary/aromatic N) is 2. The highest BCUT2D eigenvalue weighted by Crippen LogP contribution is 2.12. The number of piperazine rings is 1. The first-order chi connectivity index (χ1) is 9.60. The molecular weight excluding hydrogens is 272 g/mol. The van der Waals surface area contributed by atoms with Crippen molar-refractivity contribution in [3.63, 3.8) is 0 Å². The summed E-state index contributed by atoms with van der Waals surface area (Å²) in [5, 5.41) is 0. The van der Waals surface area contributed by atoms with Crippen LogP contribution in [0.2, 0.25) is 0 Å². The van der Waals surface area contributed by atoms with Crippen LogP contribution >= 0.6 is 0 Å². The zero-order valence-corrected chi connectivity index (χ0v) is 13.6. The van der Waals surface area contributed by atoms with Gasteiger partial charge in [0.25, 0.3) is 0 Å². The molecule has 0 bridgehead atoms. The van der Waals surface area contributed by atoms with E-state index in [-0.39, 0.29) is 30.1 Å². The predicted octanol–water partition coefficient (Wildman–Crippen LogP) is 1.68. The van der Waals surface area contributed by atoms with Gasteiger partial charge in [0, 0.05) is 32.1 Å². The lowest BCUT2D eigenvalue weighted by Crippen LogP contribution is -2.52. The Morgan fingerprint density at radius 2 is 1.48 bits per heavy atom. The van der Waals surface area contributed by atoms with E-state index >= 15 is 0 Å². The summed E-state index contributed by atoms with van der Waals surface area (Å²) in [5.41, 5.74) is -0.520. The molecule has 2 amide bonds. The minimum atomic E-state index is -0.520. The Kier molecular flexibility index (Phi) is 5.75. The zero-order valence-electron chi connectivity index (χ0n) is 13.6. The van der Waals surface area contributed by atoms with Gasteiger partial charge in [0.15, 0.2) is 0 Å². The molecule has 0 radical (unpaired) electrons. The van der Waals surface area contributed by atoms with E-state index in [0.29, 0.717) is 26.2 Å². The summed E-state index contributed by atoms with van der Waals surface area (Å²) in [6, 6.07) is 0. The lowest BCUT2D eigenvalue weighted by Gasteiger charge is -2.35. The van der Waals surface area contributed by atoms with Crippen molar-refractivity contribution in [3.8, 4) is 0 Å². The van der Waals surface area contributed by atoms with E-state index in [4.69, 9.17) is 4.74 Å². The molecule has 0 aliphatic carbocycles. The normalized spacial score (nSPS) is 16.1. The van der Waals surface area contributed by atoms with Gasteiger partial charge in [-0.25, -0.2) is 4.79 Å². The fourth-order valence-corrected chi connectivity index (χ4v) is 1.93. The number of carbonyl (C=O) groups excluding carboxylic acids is 3. The Morgan fingerprint density at radius 1 is 1.00 bits per heavy atom. The van der Waals surface area contributed by atoms with Crippen LogP contribution in [0.3, 0.4) is 0 Å². The van der Waals surface area contributed by atoms with Crippen molar-refractivity contribution in [1.82, 2.24) is 9.80 Å². The van der Waals surface area contributed by atoms with Gasteiger partial charge in [0.1, 0.15) is 11.4 Å². The molecule has 6 nitrogen and oxygen atoms in total. The summed E-state index contributed by atoms with van der Waals surface area (Å²) >= 11 is 0. The van der Waals surface area contributed by atoms with Crippen LogP contribution in [0, 0.1) is 5.92 Å². The maximum Gasteiger partial charge on any atom is 0.410 e. The van der Waals surface area contributed by atoms with Crippen molar-refractivity contribution in [3.05, 3.63) is 0 Å². The van der Waals surface area contributed by atoms with E-state index in [0.717, 1.165) is 0 Å². The first-order valence-electron chi connectivity index (χ1n) is 7.38. The molecule has 21 heavy (non-hydrogen) atoms. The van der Waals surface area contributed by atoms with Crippen LogP contribution in [-0.2, 0) is 14.3 Å². The topological polar surface area (TPSA) is 66.9 Å². The molecule has 1 saturated heterocycles. The number of hydrogen-bond donors (Lipinski definition) is 0. The summed E-state index contributed by atoms with van der Waals surface area (Å²) < 4.78 is 5.30. The molecule has 1 fully saturated rings. The largest absolute Gasteiger partial charge is 0.444 e. The fraction of sp³-hybridized carbons (Fsp3) is 0.800. The van der Waals surface area contributed by atoms with Gasteiger partial charge in [0.05, 0.1) is 6.42 Å². The number of amides is 2. The summed E-state index contributed by atoms with van der Waals surface area (Å²) in [5.74, 6) is -0.330. The third-order valence-electron chi connectivity index (χ3n) is 3.25. The van der Waals surface area contributed by atoms with Gasteiger partial charge in [-0.05, 0) is 20.8 Å². The van der Waals surface area contributed by atoms with E-state index in [1.54, 1.807) is 23.6 Å². The number of ketones is 1. The number of carbonyl (C=O) groups is 3. The highest BCUT2D eigenvalue weighted by molar-refractivity contribution is 5.98. The molecule has 120 valence electrons. The summed E-state index contributed by atoms with van der Waals surface area (Å²) in [6.45, 7) is 10.8. The predicted molar refractivity (Wildman–Crippen MR) is 78.8 cm³/mol.